The lowest BCUT2D eigenvalue weighted by molar-refractivity contribution is 0.256. The van der Waals surface area contributed by atoms with Crippen molar-refractivity contribution in [1.82, 2.24) is 4.90 Å². The van der Waals surface area contributed by atoms with Gasteiger partial charge in [-0.15, -0.1) is 0 Å². The van der Waals surface area contributed by atoms with E-state index in [1.54, 1.807) is 12.1 Å². The number of likely N-dealkylation sites (tertiary alicyclic amines) is 1. The van der Waals surface area contributed by atoms with Crippen molar-refractivity contribution < 1.29 is 4.39 Å². The van der Waals surface area contributed by atoms with Crippen LogP contribution in [0.25, 0.3) is 0 Å². The second-order valence-electron chi connectivity index (χ2n) is 5.56. The largest absolute Gasteiger partial charge is 0.383 e. The van der Waals surface area contributed by atoms with Gasteiger partial charge in [0.2, 0.25) is 0 Å². The summed E-state index contributed by atoms with van der Waals surface area (Å²) in [4.78, 5) is 2.49. The lowest BCUT2D eigenvalue weighted by Crippen LogP contribution is -2.31. The van der Waals surface area contributed by atoms with Crippen LogP contribution in [0.2, 0.25) is 0 Å². The number of anilines is 1. The average molecular weight is 284 g/mol. The summed E-state index contributed by atoms with van der Waals surface area (Å²) < 4.78 is 13.1. The van der Waals surface area contributed by atoms with Crippen LogP contribution in [-0.4, -0.2) is 24.5 Å². The Balaban J connectivity index is 1.74. The van der Waals surface area contributed by atoms with E-state index >= 15 is 0 Å². The third-order valence-electron chi connectivity index (χ3n) is 4.11. The molecule has 0 saturated carbocycles. The van der Waals surface area contributed by atoms with Crippen molar-refractivity contribution in [1.29, 1.82) is 0 Å². The van der Waals surface area contributed by atoms with Crippen LogP contribution in [-0.2, 0) is 0 Å². The van der Waals surface area contributed by atoms with Gasteiger partial charge in [-0.25, -0.2) is 4.39 Å². The van der Waals surface area contributed by atoms with Gasteiger partial charge < -0.3 is 5.32 Å². The summed E-state index contributed by atoms with van der Waals surface area (Å²) in [6, 6.07) is 17.5. The van der Waals surface area contributed by atoms with Gasteiger partial charge in [-0.05, 0) is 55.8 Å². The number of halogens is 1. The zero-order valence-corrected chi connectivity index (χ0v) is 12.1. The van der Waals surface area contributed by atoms with Gasteiger partial charge in [0, 0.05) is 12.2 Å². The van der Waals surface area contributed by atoms with E-state index < -0.39 is 0 Å². The standard InChI is InChI=1S/C18H21FN2/c19-16-10-8-15(9-11-16)18(21-12-4-5-13-21)14-20-17-6-2-1-3-7-17/h1-3,6-11,18,20H,4-5,12-14H2. The highest BCUT2D eigenvalue weighted by molar-refractivity contribution is 5.43. The summed E-state index contributed by atoms with van der Waals surface area (Å²) in [6.07, 6.45) is 2.51. The van der Waals surface area contributed by atoms with Gasteiger partial charge in [0.05, 0.1) is 6.04 Å². The Morgan fingerprint density at radius 2 is 1.62 bits per heavy atom. The lowest BCUT2D eigenvalue weighted by Gasteiger charge is -2.28. The molecule has 21 heavy (non-hydrogen) atoms. The topological polar surface area (TPSA) is 15.3 Å². The number of hydrogen-bond acceptors (Lipinski definition) is 2. The van der Waals surface area contributed by atoms with Crippen LogP contribution < -0.4 is 5.32 Å². The van der Waals surface area contributed by atoms with Crippen LogP contribution in [0, 0.1) is 5.82 Å². The van der Waals surface area contributed by atoms with Gasteiger partial charge in [0.1, 0.15) is 5.82 Å². The molecular weight excluding hydrogens is 263 g/mol. The Labute approximate surface area is 125 Å². The van der Waals surface area contributed by atoms with E-state index in [1.165, 1.54) is 18.4 Å². The van der Waals surface area contributed by atoms with E-state index in [1.807, 2.05) is 30.3 Å². The first-order valence-electron chi connectivity index (χ1n) is 7.61. The molecule has 1 fully saturated rings. The van der Waals surface area contributed by atoms with Crippen LogP contribution in [0.5, 0.6) is 0 Å². The zero-order valence-electron chi connectivity index (χ0n) is 12.1. The Bertz CT molecular complexity index is 547. The van der Waals surface area contributed by atoms with E-state index in [0.29, 0.717) is 6.04 Å². The molecule has 3 rings (SSSR count). The second-order valence-corrected chi connectivity index (χ2v) is 5.56. The molecule has 1 N–H and O–H groups in total. The molecule has 0 spiro atoms. The summed E-state index contributed by atoms with van der Waals surface area (Å²) in [5.74, 6) is -0.171. The summed E-state index contributed by atoms with van der Waals surface area (Å²) >= 11 is 0. The third kappa shape index (κ3) is 3.61. The predicted molar refractivity (Wildman–Crippen MR) is 84.9 cm³/mol. The smallest absolute Gasteiger partial charge is 0.123 e. The summed E-state index contributed by atoms with van der Waals surface area (Å²) in [7, 11) is 0. The van der Waals surface area contributed by atoms with Gasteiger partial charge in [-0.1, -0.05) is 30.3 Å². The second kappa shape index (κ2) is 6.72. The maximum atomic E-state index is 13.1. The molecule has 0 bridgehead atoms. The van der Waals surface area contributed by atoms with Crippen molar-refractivity contribution >= 4 is 5.69 Å². The number of nitrogens with zero attached hydrogens (tertiary/aromatic N) is 1. The minimum Gasteiger partial charge on any atom is -0.383 e. The molecule has 1 unspecified atom stereocenters. The highest BCUT2D eigenvalue weighted by atomic mass is 19.1. The highest BCUT2D eigenvalue weighted by Crippen LogP contribution is 2.25. The van der Waals surface area contributed by atoms with Crippen LogP contribution >= 0.6 is 0 Å². The Morgan fingerprint density at radius 3 is 2.29 bits per heavy atom. The van der Waals surface area contributed by atoms with Crippen molar-refractivity contribution in [3.8, 4) is 0 Å². The fourth-order valence-electron chi connectivity index (χ4n) is 2.97. The molecule has 0 radical (unpaired) electrons. The minimum absolute atomic E-state index is 0.171. The van der Waals surface area contributed by atoms with Gasteiger partial charge in [-0.3, -0.25) is 4.90 Å². The van der Waals surface area contributed by atoms with Crippen LogP contribution in [0.15, 0.2) is 54.6 Å². The Kier molecular flexibility index (Phi) is 4.51. The fourth-order valence-corrected chi connectivity index (χ4v) is 2.97. The summed E-state index contributed by atoms with van der Waals surface area (Å²) in [6.45, 7) is 3.09. The van der Waals surface area contributed by atoms with Crippen molar-refractivity contribution in [2.45, 2.75) is 18.9 Å². The molecule has 1 aliphatic heterocycles. The van der Waals surface area contributed by atoms with Gasteiger partial charge in [-0.2, -0.15) is 0 Å². The first kappa shape index (κ1) is 14.1. The molecular formula is C18H21FN2. The number of para-hydroxylation sites is 1. The van der Waals surface area contributed by atoms with Crippen LogP contribution in [0.3, 0.4) is 0 Å². The molecule has 1 atom stereocenters. The number of benzene rings is 2. The molecule has 2 aromatic rings. The van der Waals surface area contributed by atoms with Gasteiger partial charge >= 0.3 is 0 Å². The summed E-state index contributed by atoms with van der Waals surface area (Å²) in [5.41, 5.74) is 2.31. The van der Waals surface area contributed by atoms with Crippen LogP contribution in [0.4, 0.5) is 10.1 Å². The molecule has 1 heterocycles. The maximum Gasteiger partial charge on any atom is 0.123 e. The van der Waals surface area contributed by atoms with Crippen LogP contribution in [0.1, 0.15) is 24.4 Å². The number of nitrogens with one attached hydrogen (secondary N) is 1. The number of rotatable bonds is 5. The Morgan fingerprint density at radius 1 is 0.952 bits per heavy atom. The molecule has 110 valence electrons. The molecule has 1 saturated heterocycles. The molecule has 0 aliphatic carbocycles. The minimum atomic E-state index is -0.171. The quantitative estimate of drug-likeness (QED) is 0.890. The van der Waals surface area contributed by atoms with E-state index in [0.717, 1.165) is 25.3 Å². The zero-order chi connectivity index (χ0) is 14.5. The highest BCUT2D eigenvalue weighted by Gasteiger charge is 2.23. The van der Waals surface area contributed by atoms with Gasteiger partial charge in [0.15, 0.2) is 0 Å². The molecule has 0 amide bonds. The Hall–Kier alpha value is -1.87. The van der Waals surface area contributed by atoms with Crippen molar-refractivity contribution in [3.05, 3.63) is 66.0 Å². The van der Waals surface area contributed by atoms with Crippen molar-refractivity contribution in [2.24, 2.45) is 0 Å². The number of hydrogen-bond donors (Lipinski definition) is 1. The monoisotopic (exact) mass is 284 g/mol. The molecule has 1 aliphatic rings. The lowest BCUT2D eigenvalue weighted by atomic mass is 10.1. The van der Waals surface area contributed by atoms with E-state index in [4.69, 9.17) is 0 Å². The first-order chi connectivity index (χ1) is 10.3. The first-order valence-corrected chi connectivity index (χ1v) is 7.61. The van der Waals surface area contributed by atoms with E-state index in [-0.39, 0.29) is 5.82 Å². The van der Waals surface area contributed by atoms with Gasteiger partial charge in [0.25, 0.3) is 0 Å². The summed E-state index contributed by atoms with van der Waals surface area (Å²) in [5, 5.41) is 3.50. The van der Waals surface area contributed by atoms with E-state index in [2.05, 4.69) is 22.3 Å². The SMILES string of the molecule is Fc1ccc(C(CNc2ccccc2)N2CCCC2)cc1. The predicted octanol–water partition coefficient (Wildman–Crippen LogP) is 4.07. The maximum absolute atomic E-state index is 13.1. The molecule has 2 nitrogen and oxygen atoms in total. The van der Waals surface area contributed by atoms with Crippen molar-refractivity contribution in [3.63, 3.8) is 0 Å². The molecule has 3 heteroatoms. The molecule has 0 aromatic heterocycles. The molecule has 2 aromatic carbocycles. The third-order valence-corrected chi connectivity index (χ3v) is 4.11. The fraction of sp³-hybridized carbons (Fsp3) is 0.333. The van der Waals surface area contributed by atoms with Crippen molar-refractivity contribution in [2.75, 3.05) is 25.0 Å². The van der Waals surface area contributed by atoms with E-state index in [9.17, 15) is 4.39 Å². The normalized spacial score (nSPS) is 16.8. The average Bonchev–Trinajstić information content (AvgIpc) is 3.04.